The summed E-state index contributed by atoms with van der Waals surface area (Å²) in [5.74, 6) is -2.96. The first-order valence-corrected chi connectivity index (χ1v) is 6.49. The second-order valence-electron chi connectivity index (χ2n) is 4.46. The molecule has 1 aliphatic rings. The summed E-state index contributed by atoms with van der Waals surface area (Å²) < 4.78 is 27.3. The number of nitrogens with zero attached hydrogens (tertiary/aromatic N) is 2. The molecule has 1 aromatic rings. The van der Waals surface area contributed by atoms with E-state index >= 15 is 0 Å². The summed E-state index contributed by atoms with van der Waals surface area (Å²) in [5, 5.41) is 10.6. The molecule has 1 amide bonds. The van der Waals surface area contributed by atoms with Crippen molar-refractivity contribution in [3.8, 4) is 0 Å². The van der Waals surface area contributed by atoms with E-state index in [1.807, 2.05) is 0 Å². The van der Waals surface area contributed by atoms with Gasteiger partial charge in [0.25, 0.3) is 5.91 Å². The number of amides is 1. The van der Waals surface area contributed by atoms with E-state index in [0.29, 0.717) is 12.1 Å². The molecule has 0 aliphatic heterocycles. The predicted octanol–water partition coefficient (Wildman–Crippen LogP) is 2.72. The van der Waals surface area contributed by atoms with E-state index in [2.05, 4.69) is 0 Å². The van der Waals surface area contributed by atoms with E-state index in [1.165, 1.54) is 4.90 Å². The van der Waals surface area contributed by atoms with Crippen molar-refractivity contribution in [2.75, 3.05) is 12.4 Å². The van der Waals surface area contributed by atoms with Gasteiger partial charge in [-0.15, -0.1) is 11.6 Å². The number of carbonyl (C=O) groups excluding carboxylic acids is 1. The van der Waals surface area contributed by atoms with Crippen LogP contribution in [-0.2, 0) is 0 Å². The van der Waals surface area contributed by atoms with E-state index < -0.39 is 33.7 Å². The molecule has 0 unspecified atom stereocenters. The Bertz CT molecular complexity index is 564. The maximum Gasteiger partial charge on any atom is 0.308 e. The van der Waals surface area contributed by atoms with Gasteiger partial charge in [-0.25, -0.2) is 4.39 Å². The minimum atomic E-state index is -1.32. The zero-order valence-electron chi connectivity index (χ0n) is 10.3. The SMILES string of the molecule is O=C(c1cc(F)cc([N+](=O)[O-])c1F)N(CCCl)C1CC1. The van der Waals surface area contributed by atoms with Crippen molar-refractivity contribution in [3.05, 3.63) is 39.4 Å². The molecule has 1 aromatic carbocycles. The van der Waals surface area contributed by atoms with Crippen molar-refractivity contribution in [1.29, 1.82) is 0 Å². The smallest absolute Gasteiger partial charge is 0.308 e. The fraction of sp³-hybridized carbons (Fsp3) is 0.417. The lowest BCUT2D eigenvalue weighted by atomic mass is 10.1. The molecule has 5 nitrogen and oxygen atoms in total. The largest absolute Gasteiger partial charge is 0.334 e. The van der Waals surface area contributed by atoms with E-state index in [4.69, 9.17) is 11.6 Å². The van der Waals surface area contributed by atoms with Gasteiger partial charge >= 0.3 is 5.69 Å². The molecule has 20 heavy (non-hydrogen) atoms. The Morgan fingerprint density at radius 1 is 1.45 bits per heavy atom. The van der Waals surface area contributed by atoms with Crippen LogP contribution in [0.15, 0.2) is 12.1 Å². The highest BCUT2D eigenvalue weighted by Crippen LogP contribution is 2.30. The van der Waals surface area contributed by atoms with Crippen molar-refractivity contribution < 1.29 is 18.5 Å². The van der Waals surface area contributed by atoms with Crippen LogP contribution in [0.3, 0.4) is 0 Å². The van der Waals surface area contributed by atoms with E-state index in [1.54, 1.807) is 0 Å². The van der Waals surface area contributed by atoms with Gasteiger partial charge in [-0.2, -0.15) is 4.39 Å². The molecule has 0 heterocycles. The summed E-state index contributed by atoms with van der Waals surface area (Å²) in [6.45, 7) is 0.189. The monoisotopic (exact) mass is 304 g/mol. The van der Waals surface area contributed by atoms with Crippen molar-refractivity contribution >= 4 is 23.2 Å². The second kappa shape index (κ2) is 5.70. The van der Waals surface area contributed by atoms with Crippen LogP contribution in [0, 0.1) is 21.7 Å². The number of nitro benzene ring substituents is 1. The average Bonchev–Trinajstić information content (AvgIpc) is 3.21. The molecule has 1 fully saturated rings. The zero-order valence-corrected chi connectivity index (χ0v) is 11.1. The zero-order chi connectivity index (χ0) is 14.9. The van der Waals surface area contributed by atoms with Crippen LogP contribution in [0.1, 0.15) is 23.2 Å². The minimum Gasteiger partial charge on any atom is -0.334 e. The van der Waals surface area contributed by atoms with Crippen LogP contribution in [0.4, 0.5) is 14.5 Å². The normalized spacial score (nSPS) is 14.2. The highest BCUT2D eigenvalue weighted by atomic mass is 35.5. The van der Waals surface area contributed by atoms with Crippen LogP contribution in [0.5, 0.6) is 0 Å². The Morgan fingerprint density at radius 3 is 2.60 bits per heavy atom. The molecule has 0 radical (unpaired) electrons. The summed E-state index contributed by atoms with van der Waals surface area (Å²) in [5.41, 5.74) is -1.68. The topological polar surface area (TPSA) is 63.4 Å². The van der Waals surface area contributed by atoms with Crippen LogP contribution < -0.4 is 0 Å². The van der Waals surface area contributed by atoms with E-state index in [9.17, 15) is 23.7 Å². The molecule has 0 spiro atoms. The first kappa shape index (κ1) is 14.6. The molecular formula is C12H11ClF2N2O3. The third-order valence-electron chi connectivity index (χ3n) is 3.02. The van der Waals surface area contributed by atoms with Crippen LogP contribution in [-0.4, -0.2) is 34.2 Å². The number of hydrogen-bond donors (Lipinski definition) is 0. The lowest BCUT2D eigenvalue weighted by Crippen LogP contribution is -2.35. The number of carbonyl (C=O) groups is 1. The third kappa shape index (κ3) is 2.87. The van der Waals surface area contributed by atoms with Crippen molar-refractivity contribution in [3.63, 3.8) is 0 Å². The lowest BCUT2D eigenvalue weighted by Gasteiger charge is -2.21. The van der Waals surface area contributed by atoms with Crippen LogP contribution in [0.25, 0.3) is 0 Å². The number of rotatable bonds is 5. The molecule has 2 rings (SSSR count). The van der Waals surface area contributed by atoms with Gasteiger partial charge in [0.15, 0.2) is 0 Å². The average molecular weight is 305 g/mol. The molecule has 0 aromatic heterocycles. The van der Waals surface area contributed by atoms with Gasteiger partial charge in [0.1, 0.15) is 5.82 Å². The number of benzene rings is 1. The summed E-state index contributed by atoms with van der Waals surface area (Å²) in [6, 6.07) is 1.08. The molecule has 0 N–H and O–H groups in total. The molecule has 1 saturated carbocycles. The summed E-state index contributed by atoms with van der Waals surface area (Å²) >= 11 is 5.58. The second-order valence-corrected chi connectivity index (χ2v) is 4.84. The quantitative estimate of drug-likeness (QED) is 0.477. The predicted molar refractivity (Wildman–Crippen MR) is 67.8 cm³/mol. The Morgan fingerprint density at radius 2 is 2.10 bits per heavy atom. The number of alkyl halides is 1. The van der Waals surface area contributed by atoms with Crippen molar-refractivity contribution in [2.24, 2.45) is 0 Å². The highest BCUT2D eigenvalue weighted by molar-refractivity contribution is 6.18. The number of hydrogen-bond acceptors (Lipinski definition) is 3. The standard InChI is InChI=1S/C12H11ClF2N2O3/c13-3-4-16(8-1-2-8)12(18)9-5-7(14)6-10(11(9)15)17(19)20/h5-6,8H,1-4H2. The first-order chi connectivity index (χ1) is 9.45. The molecule has 0 atom stereocenters. The van der Waals surface area contributed by atoms with Crippen molar-refractivity contribution in [1.82, 2.24) is 4.90 Å². The van der Waals surface area contributed by atoms with E-state index in [-0.39, 0.29) is 18.5 Å². The summed E-state index contributed by atoms with van der Waals surface area (Å²) in [7, 11) is 0. The van der Waals surface area contributed by atoms with Crippen LogP contribution in [0.2, 0.25) is 0 Å². The Kier molecular flexibility index (Phi) is 4.17. The molecule has 1 aliphatic carbocycles. The van der Waals surface area contributed by atoms with Gasteiger partial charge in [0.05, 0.1) is 16.6 Å². The Hall–Kier alpha value is -1.76. The fourth-order valence-corrected chi connectivity index (χ4v) is 2.13. The van der Waals surface area contributed by atoms with Gasteiger partial charge in [-0.3, -0.25) is 14.9 Å². The van der Waals surface area contributed by atoms with E-state index in [0.717, 1.165) is 12.8 Å². The molecule has 0 bridgehead atoms. The highest BCUT2D eigenvalue weighted by Gasteiger charge is 2.35. The molecule has 8 heteroatoms. The molecular weight excluding hydrogens is 294 g/mol. The lowest BCUT2D eigenvalue weighted by molar-refractivity contribution is -0.387. The number of halogens is 3. The van der Waals surface area contributed by atoms with Gasteiger partial charge < -0.3 is 4.90 Å². The molecule has 0 saturated heterocycles. The first-order valence-electron chi connectivity index (χ1n) is 5.96. The third-order valence-corrected chi connectivity index (χ3v) is 3.19. The Balaban J connectivity index is 2.40. The summed E-state index contributed by atoms with van der Waals surface area (Å²) in [4.78, 5) is 23.1. The summed E-state index contributed by atoms with van der Waals surface area (Å²) in [6.07, 6.45) is 1.53. The molecule has 108 valence electrons. The van der Waals surface area contributed by atoms with Gasteiger partial charge in [-0.05, 0) is 18.9 Å². The number of nitro groups is 1. The van der Waals surface area contributed by atoms with Crippen molar-refractivity contribution in [2.45, 2.75) is 18.9 Å². The minimum absolute atomic E-state index is 0.0528. The van der Waals surface area contributed by atoms with Gasteiger partial charge in [0.2, 0.25) is 5.82 Å². The Labute approximate surface area is 118 Å². The van der Waals surface area contributed by atoms with Crippen LogP contribution >= 0.6 is 11.6 Å². The maximum absolute atomic E-state index is 13.9. The van der Waals surface area contributed by atoms with Gasteiger partial charge in [-0.1, -0.05) is 0 Å². The van der Waals surface area contributed by atoms with Gasteiger partial charge in [0, 0.05) is 18.5 Å². The fourth-order valence-electron chi connectivity index (χ4n) is 1.95. The maximum atomic E-state index is 13.9.